The van der Waals surface area contributed by atoms with Crippen LogP contribution in [0, 0.1) is 6.92 Å². The first kappa shape index (κ1) is 6.81. The van der Waals surface area contributed by atoms with Crippen molar-refractivity contribution < 1.29 is 9.57 Å². The summed E-state index contributed by atoms with van der Waals surface area (Å²) in [7, 11) is 0. The molecule has 1 aromatic rings. The first-order valence-electron chi connectivity index (χ1n) is 3.09. The van der Waals surface area contributed by atoms with E-state index in [2.05, 4.69) is 6.58 Å². The van der Waals surface area contributed by atoms with Crippen LogP contribution in [0.2, 0.25) is 0 Å². The fourth-order valence-corrected chi connectivity index (χ4v) is 0.718. The zero-order valence-corrected chi connectivity index (χ0v) is 5.95. The highest BCUT2D eigenvalue weighted by molar-refractivity contribution is 5.00. The molecule has 2 heteroatoms. The summed E-state index contributed by atoms with van der Waals surface area (Å²) in [5.74, 6) is 0. The number of aryl methyl sites for hydroxylation is 1. The van der Waals surface area contributed by atoms with Crippen molar-refractivity contribution in [3.63, 3.8) is 0 Å². The van der Waals surface area contributed by atoms with Gasteiger partial charge in [0.15, 0.2) is 6.26 Å². The fraction of sp³-hybridized carbons (Fsp3) is 0.125. The van der Waals surface area contributed by atoms with E-state index in [0.29, 0.717) is 0 Å². The minimum atomic E-state index is 1.16. The van der Waals surface area contributed by atoms with E-state index in [9.17, 15) is 0 Å². The summed E-state index contributed by atoms with van der Waals surface area (Å²) in [5, 5.41) is 0. The zero-order chi connectivity index (χ0) is 7.40. The summed E-state index contributed by atoms with van der Waals surface area (Å²) in [6, 6.07) is 3.92. The van der Waals surface area contributed by atoms with E-state index in [-0.39, 0.29) is 0 Å². The topological polar surface area (TPSA) is 13.1 Å². The normalized spacial score (nSPS) is 8.90. The van der Waals surface area contributed by atoms with Crippen molar-refractivity contribution in [3.05, 3.63) is 42.9 Å². The molecule has 1 heterocycles. The average Bonchev–Trinajstić information content (AvgIpc) is 1.88. The van der Waals surface area contributed by atoms with Crippen molar-refractivity contribution >= 4 is 0 Å². The van der Waals surface area contributed by atoms with Gasteiger partial charge in [-0.2, -0.15) is 0 Å². The lowest BCUT2D eigenvalue weighted by molar-refractivity contribution is -0.876. The predicted molar refractivity (Wildman–Crippen MR) is 38.2 cm³/mol. The van der Waals surface area contributed by atoms with Crippen LogP contribution in [0.15, 0.2) is 37.4 Å². The maximum Gasteiger partial charge on any atom is 0.225 e. The lowest BCUT2D eigenvalue weighted by Crippen LogP contribution is -2.38. The molecule has 0 aliphatic carbocycles. The first-order chi connectivity index (χ1) is 4.83. The van der Waals surface area contributed by atoms with Crippen molar-refractivity contribution in [1.82, 2.24) is 0 Å². The molecule has 0 spiro atoms. The molecule has 0 unspecified atom stereocenters. The van der Waals surface area contributed by atoms with E-state index in [1.165, 1.54) is 6.26 Å². The highest BCUT2D eigenvalue weighted by atomic mass is 16.6. The van der Waals surface area contributed by atoms with Crippen molar-refractivity contribution in [1.29, 1.82) is 0 Å². The van der Waals surface area contributed by atoms with E-state index in [1.54, 1.807) is 4.73 Å². The Bertz CT molecular complexity index is 232. The Balaban J connectivity index is 2.84. The molecule has 0 saturated carbocycles. The largest absolute Gasteiger partial charge is 0.240 e. The molecule has 2 nitrogen and oxygen atoms in total. The van der Waals surface area contributed by atoms with Gasteiger partial charge in [0.1, 0.15) is 0 Å². The molecule has 0 bridgehead atoms. The van der Waals surface area contributed by atoms with E-state index >= 15 is 0 Å². The number of pyridine rings is 1. The molecular weight excluding hydrogens is 126 g/mol. The summed E-state index contributed by atoms with van der Waals surface area (Å²) in [4.78, 5) is 4.97. The Morgan fingerprint density at radius 1 is 1.70 bits per heavy atom. The van der Waals surface area contributed by atoms with Gasteiger partial charge >= 0.3 is 0 Å². The molecule has 0 aliphatic rings. The van der Waals surface area contributed by atoms with Gasteiger partial charge in [0.2, 0.25) is 12.4 Å². The van der Waals surface area contributed by atoms with Crippen molar-refractivity contribution in [2.45, 2.75) is 6.92 Å². The summed E-state index contributed by atoms with van der Waals surface area (Å²) in [6.45, 7) is 5.45. The molecule has 0 amide bonds. The second-order valence-electron chi connectivity index (χ2n) is 2.01. The van der Waals surface area contributed by atoms with E-state index < -0.39 is 0 Å². The van der Waals surface area contributed by atoms with Gasteiger partial charge in [-0.05, 0) is 13.0 Å². The van der Waals surface area contributed by atoms with Crippen LogP contribution in [-0.2, 0) is 0 Å². The molecule has 0 fully saturated rings. The molecular formula is C8H10NO+. The molecule has 0 aliphatic heterocycles. The lowest BCUT2D eigenvalue weighted by Gasteiger charge is -1.89. The number of hydrogen-bond acceptors (Lipinski definition) is 1. The smallest absolute Gasteiger partial charge is 0.225 e. The van der Waals surface area contributed by atoms with Gasteiger partial charge < -0.3 is 0 Å². The Morgan fingerprint density at radius 3 is 3.10 bits per heavy atom. The minimum Gasteiger partial charge on any atom is -0.240 e. The molecule has 0 saturated heterocycles. The average molecular weight is 136 g/mol. The molecule has 1 rings (SSSR count). The number of aromatic nitrogens is 1. The molecule has 0 N–H and O–H groups in total. The molecule has 1 aromatic heterocycles. The van der Waals surface area contributed by atoms with Crippen LogP contribution in [0.4, 0.5) is 0 Å². The standard InChI is InChI=1S/C8H10NO/c1-3-10-9-6-4-5-8(2)7-9/h3-7H,1H2,2H3/q+1. The SMILES string of the molecule is C=CO[n+]1cccc(C)c1. The van der Waals surface area contributed by atoms with E-state index in [0.717, 1.165) is 5.56 Å². The monoisotopic (exact) mass is 136 g/mol. The second-order valence-corrected chi connectivity index (χ2v) is 2.01. The predicted octanol–water partition coefficient (Wildman–Crippen LogP) is 0.855. The third kappa shape index (κ3) is 1.58. The Labute approximate surface area is 60.3 Å². The Hall–Kier alpha value is -1.31. The quantitative estimate of drug-likeness (QED) is 0.434. The highest BCUT2D eigenvalue weighted by Crippen LogP contribution is 1.87. The number of hydrogen-bond donors (Lipinski definition) is 0. The van der Waals surface area contributed by atoms with Gasteiger partial charge in [-0.1, -0.05) is 6.58 Å². The number of rotatable bonds is 2. The van der Waals surface area contributed by atoms with Crippen LogP contribution in [-0.4, -0.2) is 0 Å². The number of nitrogens with zero attached hydrogens (tertiary/aromatic N) is 1. The maximum atomic E-state index is 4.97. The van der Waals surface area contributed by atoms with Crippen LogP contribution >= 0.6 is 0 Å². The molecule has 0 radical (unpaired) electrons. The molecule has 0 aromatic carbocycles. The Morgan fingerprint density at radius 2 is 2.50 bits per heavy atom. The minimum absolute atomic E-state index is 1.16. The molecule has 0 atom stereocenters. The van der Waals surface area contributed by atoms with Gasteiger partial charge in [0.25, 0.3) is 0 Å². The van der Waals surface area contributed by atoms with Crippen molar-refractivity contribution in [3.8, 4) is 0 Å². The van der Waals surface area contributed by atoms with Crippen LogP contribution in [0.1, 0.15) is 5.56 Å². The van der Waals surface area contributed by atoms with E-state index in [4.69, 9.17) is 4.84 Å². The van der Waals surface area contributed by atoms with Crippen LogP contribution < -0.4 is 9.57 Å². The third-order valence-corrected chi connectivity index (χ3v) is 1.12. The second kappa shape index (κ2) is 3.01. The summed E-state index contributed by atoms with van der Waals surface area (Å²) in [6.07, 6.45) is 5.08. The highest BCUT2D eigenvalue weighted by Gasteiger charge is 1.95. The summed E-state index contributed by atoms with van der Waals surface area (Å²) in [5.41, 5.74) is 1.16. The summed E-state index contributed by atoms with van der Waals surface area (Å²) >= 11 is 0. The van der Waals surface area contributed by atoms with Crippen molar-refractivity contribution in [2.75, 3.05) is 0 Å². The lowest BCUT2D eigenvalue weighted by atomic mass is 10.3. The maximum absolute atomic E-state index is 4.97. The van der Waals surface area contributed by atoms with Crippen LogP contribution in [0.25, 0.3) is 0 Å². The van der Waals surface area contributed by atoms with Crippen molar-refractivity contribution in [2.24, 2.45) is 0 Å². The van der Waals surface area contributed by atoms with Gasteiger partial charge in [-0.15, -0.1) is 0 Å². The van der Waals surface area contributed by atoms with E-state index in [1.807, 2.05) is 31.5 Å². The first-order valence-corrected chi connectivity index (χ1v) is 3.09. The summed E-state index contributed by atoms with van der Waals surface area (Å²) < 4.78 is 1.60. The van der Waals surface area contributed by atoms with Crippen LogP contribution in [0.3, 0.4) is 0 Å². The Kier molecular flexibility index (Phi) is 2.05. The molecule has 10 heavy (non-hydrogen) atoms. The van der Waals surface area contributed by atoms with Gasteiger partial charge in [0.05, 0.1) is 0 Å². The fourth-order valence-electron chi connectivity index (χ4n) is 0.718. The molecule has 52 valence electrons. The third-order valence-electron chi connectivity index (χ3n) is 1.12. The van der Waals surface area contributed by atoms with Gasteiger partial charge in [-0.3, -0.25) is 0 Å². The zero-order valence-electron chi connectivity index (χ0n) is 5.95. The van der Waals surface area contributed by atoms with Gasteiger partial charge in [0, 0.05) is 16.4 Å². The van der Waals surface area contributed by atoms with Gasteiger partial charge in [-0.25, -0.2) is 4.84 Å². The van der Waals surface area contributed by atoms with Crippen LogP contribution in [0.5, 0.6) is 0 Å².